The standard InChI is InChI=1S/C15H12BrN3O2/c16-11-6-7-12-13(8-11)18-19-14(12)17-15(20)21-9-10-4-2-1-3-5-10/h1-8H,9H2,(H2,17,18,19,20). The Kier molecular flexibility index (Phi) is 3.87. The number of hydrogen-bond acceptors (Lipinski definition) is 3. The van der Waals surface area contributed by atoms with Gasteiger partial charge in [0.15, 0.2) is 5.82 Å². The lowest BCUT2D eigenvalue weighted by Gasteiger charge is -2.05. The molecule has 0 saturated carbocycles. The van der Waals surface area contributed by atoms with E-state index in [4.69, 9.17) is 4.74 Å². The summed E-state index contributed by atoms with van der Waals surface area (Å²) >= 11 is 3.38. The topological polar surface area (TPSA) is 67.0 Å². The molecule has 2 aromatic carbocycles. The van der Waals surface area contributed by atoms with Gasteiger partial charge < -0.3 is 4.74 Å². The van der Waals surface area contributed by atoms with Gasteiger partial charge in [-0.05, 0) is 23.8 Å². The van der Waals surface area contributed by atoms with E-state index in [1.54, 1.807) is 0 Å². The van der Waals surface area contributed by atoms with Crippen LogP contribution in [0.5, 0.6) is 0 Å². The molecular weight excluding hydrogens is 334 g/mol. The number of fused-ring (bicyclic) bond motifs is 1. The number of ether oxygens (including phenoxy) is 1. The first-order chi connectivity index (χ1) is 10.2. The molecule has 0 aliphatic rings. The molecule has 1 heterocycles. The first kappa shape index (κ1) is 13.6. The monoisotopic (exact) mass is 345 g/mol. The Hall–Kier alpha value is -2.34. The van der Waals surface area contributed by atoms with Gasteiger partial charge in [0.25, 0.3) is 0 Å². The number of aromatic amines is 1. The third-order valence-corrected chi connectivity index (χ3v) is 3.45. The van der Waals surface area contributed by atoms with Crippen molar-refractivity contribution in [3.05, 3.63) is 58.6 Å². The van der Waals surface area contributed by atoms with Gasteiger partial charge in [0.05, 0.1) is 5.52 Å². The summed E-state index contributed by atoms with van der Waals surface area (Å²) in [7, 11) is 0. The van der Waals surface area contributed by atoms with Crippen molar-refractivity contribution in [1.82, 2.24) is 10.2 Å². The third kappa shape index (κ3) is 3.22. The van der Waals surface area contributed by atoms with Gasteiger partial charge in [0, 0.05) is 9.86 Å². The molecule has 1 aromatic heterocycles. The average Bonchev–Trinajstić information content (AvgIpc) is 2.88. The van der Waals surface area contributed by atoms with Gasteiger partial charge in [-0.1, -0.05) is 46.3 Å². The maximum Gasteiger partial charge on any atom is 0.413 e. The molecule has 3 rings (SSSR count). The van der Waals surface area contributed by atoms with E-state index in [9.17, 15) is 4.79 Å². The highest BCUT2D eigenvalue weighted by atomic mass is 79.9. The van der Waals surface area contributed by atoms with Crippen LogP contribution in [0.15, 0.2) is 53.0 Å². The van der Waals surface area contributed by atoms with Crippen LogP contribution in [0.3, 0.4) is 0 Å². The van der Waals surface area contributed by atoms with Crippen molar-refractivity contribution in [2.75, 3.05) is 5.32 Å². The zero-order valence-electron chi connectivity index (χ0n) is 11.0. The third-order valence-electron chi connectivity index (χ3n) is 2.96. The van der Waals surface area contributed by atoms with Gasteiger partial charge in [0.1, 0.15) is 6.61 Å². The predicted octanol–water partition coefficient (Wildman–Crippen LogP) is 4.07. The zero-order chi connectivity index (χ0) is 14.7. The van der Waals surface area contributed by atoms with Crippen LogP contribution in [-0.2, 0) is 11.3 Å². The molecule has 0 aliphatic heterocycles. The number of nitrogens with one attached hydrogen (secondary N) is 2. The molecule has 3 aromatic rings. The quantitative estimate of drug-likeness (QED) is 0.751. The smallest absolute Gasteiger partial charge is 0.413 e. The van der Waals surface area contributed by atoms with Crippen LogP contribution in [0, 0.1) is 0 Å². The van der Waals surface area contributed by atoms with E-state index in [0.717, 1.165) is 20.9 Å². The number of halogens is 1. The Labute approximate surface area is 129 Å². The van der Waals surface area contributed by atoms with Crippen molar-refractivity contribution >= 4 is 38.7 Å². The van der Waals surface area contributed by atoms with E-state index in [0.29, 0.717) is 5.82 Å². The van der Waals surface area contributed by atoms with E-state index in [1.165, 1.54) is 0 Å². The molecule has 5 nitrogen and oxygen atoms in total. The molecule has 2 N–H and O–H groups in total. The van der Waals surface area contributed by atoms with Crippen LogP contribution in [-0.4, -0.2) is 16.3 Å². The van der Waals surface area contributed by atoms with Crippen LogP contribution in [0.4, 0.5) is 10.6 Å². The molecule has 106 valence electrons. The Balaban J connectivity index is 1.66. The average molecular weight is 346 g/mol. The highest BCUT2D eigenvalue weighted by molar-refractivity contribution is 9.10. The van der Waals surface area contributed by atoms with Gasteiger partial charge >= 0.3 is 6.09 Å². The van der Waals surface area contributed by atoms with Crippen molar-refractivity contribution in [3.63, 3.8) is 0 Å². The molecule has 0 atom stereocenters. The van der Waals surface area contributed by atoms with E-state index in [2.05, 4.69) is 31.4 Å². The molecule has 21 heavy (non-hydrogen) atoms. The highest BCUT2D eigenvalue weighted by Crippen LogP contribution is 2.23. The zero-order valence-corrected chi connectivity index (χ0v) is 12.6. The van der Waals surface area contributed by atoms with E-state index in [-0.39, 0.29) is 6.61 Å². The second-order valence-electron chi connectivity index (χ2n) is 4.45. The van der Waals surface area contributed by atoms with Crippen LogP contribution in [0.25, 0.3) is 10.9 Å². The van der Waals surface area contributed by atoms with Gasteiger partial charge in [-0.3, -0.25) is 10.4 Å². The number of rotatable bonds is 3. The van der Waals surface area contributed by atoms with Crippen molar-refractivity contribution in [1.29, 1.82) is 0 Å². The fourth-order valence-corrected chi connectivity index (χ4v) is 2.30. The van der Waals surface area contributed by atoms with Crippen molar-refractivity contribution < 1.29 is 9.53 Å². The Morgan fingerprint density at radius 2 is 2.05 bits per heavy atom. The Morgan fingerprint density at radius 3 is 2.86 bits per heavy atom. The van der Waals surface area contributed by atoms with Crippen molar-refractivity contribution in [2.24, 2.45) is 0 Å². The lowest BCUT2D eigenvalue weighted by atomic mass is 10.2. The predicted molar refractivity (Wildman–Crippen MR) is 84.0 cm³/mol. The minimum atomic E-state index is -0.532. The molecule has 6 heteroatoms. The van der Waals surface area contributed by atoms with E-state index in [1.807, 2.05) is 48.5 Å². The fraction of sp³-hybridized carbons (Fsp3) is 0.0667. The normalized spacial score (nSPS) is 10.5. The lowest BCUT2D eigenvalue weighted by Crippen LogP contribution is -2.13. The van der Waals surface area contributed by atoms with Gasteiger partial charge in [-0.2, -0.15) is 5.10 Å². The van der Waals surface area contributed by atoms with E-state index >= 15 is 0 Å². The Bertz CT molecular complexity index is 771. The van der Waals surface area contributed by atoms with Gasteiger partial charge in [-0.25, -0.2) is 4.79 Å². The van der Waals surface area contributed by atoms with Gasteiger partial charge in [0.2, 0.25) is 0 Å². The minimum Gasteiger partial charge on any atom is -0.444 e. The number of benzene rings is 2. The van der Waals surface area contributed by atoms with Crippen LogP contribution in [0.2, 0.25) is 0 Å². The molecule has 0 fully saturated rings. The van der Waals surface area contributed by atoms with E-state index < -0.39 is 6.09 Å². The summed E-state index contributed by atoms with van der Waals surface area (Å²) in [5.41, 5.74) is 1.77. The van der Waals surface area contributed by atoms with Crippen LogP contribution < -0.4 is 5.32 Å². The maximum absolute atomic E-state index is 11.8. The first-order valence-corrected chi connectivity index (χ1v) is 7.13. The van der Waals surface area contributed by atoms with Gasteiger partial charge in [-0.15, -0.1) is 0 Å². The second-order valence-corrected chi connectivity index (χ2v) is 5.36. The number of aromatic nitrogens is 2. The molecule has 0 saturated heterocycles. The summed E-state index contributed by atoms with van der Waals surface area (Å²) in [5, 5.41) is 10.4. The summed E-state index contributed by atoms with van der Waals surface area (Å²) in [6.07, 6.45) is -0.532. The number of H-pyrrole nitrogens is 1. The number of nitrogens with zero attached hydrogens (tertiary/aromatic N) is 1. The molecule has 0 spiro atoms. The highest BCUT2D eigenvalue weighted by Gasteiger charge is 2.10. The molecule has 0 aliphatic carbocycles. The fourth-order valence-electron chi connectivity index (χ4n) is 1.94. The summed E-state index contributed by atoms with van der Waals surface area (Å²) in [6, 6.07) is 15.2. The molecule has 1 amide bonds. The van der Waals surface area contributed by atoms with Crippen LogP contribution >= 0.6 is 15.9 Å². The SMILES string of the molecule is O=C(Nc1n[nH]c2cc(Br)ccc12)OCc1ccccc1. The molecule has 0 radical (unpaired) electrons. The summed E-state index contributed by atoms with van der Waals surface area (Å²) < 4.78 is 6.10. The van der Waals surface area contributed by atoms with Crippen molar-refractivity contribution in [3.8, 4) is 0 Å². The molecule has 0 bridgehead atoms. The number of carbonyl (C=O) groups excluding carboxylic acids is 1. The van der Waals surface area contributed by atoms with Crippen LogP contribution in [0.1, 0.15) is 5.56 Å². The van der Waals surface area contributed by atoms with Crippen molar-refractivity contribution in [2.45, 2.75) is 6.61 Å². The first-order valence-electron chi connectivity index (χ1n) is 6.34. The number of amides is 1. The maximum atomic E-state index is 11.8. The number of hydrogen-bond donors (Lipinski definition) is 2. The summed E-state index contributed by atoms with van der Waals surface area (Å²) in [4.78, 5) is 11.8. The molecule has 0 unspecified atom stereocenters. The number of carbonyl (C=O) groups is 1. The second kappa shape index (κ2) is 5.97. The minimum absolute atomic E-state index is 0.223. The Morgan fingerprint density at radius 1 is 1.24 bits per heavy atom. The lowest BCUT2D eigenvalue weighted by molar-refractivity contribution is 0.155. The molecular formula is C15H12BrN3O2. The summed E-state index contributed by atoms with van der Waals surface area (Å²) in [5.74, 6) is 0.454. The largest absolute Gasteiger partial charge is 0.444 e. The summed E-state index contributed by atoms with van der Waals surface area (Å²) in [6.45, 7) is 0.223. The number of anilines is 1.